The van der Waals surface area contributed by atoms with Crippen LogP contribution in [-0.4, -0.2) is 78.1 Å². The van der Waals surface area contributed by atoms with Gasteiger partial charge in [-0.3, -0.25) is 14.5 Å². The van der Waals surface area contributed by atoms with E-state index < -0.39 is 0 Å². The maximum absolute atomic E-state index is 12.4. The van der Waals surface area contributed by atoms with Crippen LogP contribution >= 0.6 is 11.8 Å². The third-order valence-electron chi connectivity index (χ3n) is 4.78. The van der Waals surface area contributed by atoms with Gasteiger partial charge in [0.25, 0.3) is 0 Å². The van der Waals surface area contributed by atoms with Crippen molar-refractivity contribution >= 4 is 23.6 Å². The fourth-order valence-corrected chi connectivity index (χ4v) is 3.93. The number of hydrogen-bond donors (Lipinski definition) is 0. The number of rotatable bonds is 8. The molecule has 7 heteroatoms. The number of thioether (sulfide) groups is 1. The molecule has 0 aromatic heterocycles. The first kappa shape index (κ1) is 21.3. The molecular formula is C20H28N4O2S. The fourth-order valence-electron chi connectivity index (χ4n) is 3.05. The van der Waals surface area contributed by atoms with Crippen molar-refractivity contribution < 1.29 is 9.59 Å². The normalized spacial score (nSPS) is 14.6. The quantitative estimate of drug-likeness (QED) is 0.679. The van der Waals surface area contributed by atoms with Crippen LogP contribution in [0.1, 0.15) is 25.0 Å². The van der Waals surface area contributed by atoms with Crippen molar-refractivity contribution in [1.82, 2.24) is 14.7 Å². The molecule has 2 rings (SSSR count). The molecule has 0 spiro atoms. The number of carbonyl (C=O) groups is 2. The van der Waals surface area contributed by atoms with Gasteiger partial charge in [0.1, 0.15) is 0 Å². The molecule has 1 aliphatic rings. The summed E-state index contributed by atoms with van der Waals surface area (Å²) in [6.45, 7) is 8.77. The van der Waals surface area contributed by atoms with E-state index in [0.29, 0.717) is 31.0 Å². The smallest absolute Gasteiger partial charge is 0.236 e. The molecule has 2 amide bonds. The van der Waals surface area contributed by atoms with Crippen LogP contribution in [0.3, 0.4) is 0 Å². The van der Waals surface area contributed by atoms with Crippen LogP contribution in [0.5, 0.6) is 0 Å². The minimum atomic E-state index is 0.156. The van der Waals surface area contributed by atoms with Crippen molar-refractivity contribution in [3.05, 3.63) is 35.4 Å². The molecule has 0 saturated carbocycles. The lowest BCUT2D eigenvalue weighted by atomic mass is 10.2. The monoisotopic (exact) mass is 388 g/mol. The Hall–Kier alpha value is -2.04. The molecule has 1 saturated heterocycles. The summed E-state index contributed by atoms with van der Waals surface area (Å²) in [6, 6.07) is 9.57. The molecule has 0 N–H and O–H groups in total. The number of benzene rings is 1. The lowest BCUT2D eigenvalue weighted by molar-refractivity contribution is -0.133. The Morgan fingerprint density at radius 3 is 2.30 bits per heavy atom. The van der Waals surface area contributed by atoms with Gasteiger partial charge >= 0.3 is 0 Å². The van der Waals surface area contributed by atoms with E-state index in [1.807, 2.05) is 35.8 Å². The number of likely N-dealkylation sites (N-methyl/N-ethyl adjacent to an activating group) is 1. The summed E-state index contributed by atoms with van der Waals surface area (Å²) < 4.78 is 0. The summed E-state index contributed by atoms with van der Waals surface area (Å²) in [5.41, 5.74) is 1.77. The predicted molar refractivity (Wildman–Crippen MR) is 108 cm³/mol. The second-order valence-electron chi connectivity index (χ2n) is 6.52. The molecule has 0 bridgehead atoms. The second-order valence-corrected chi connectivity index (χ2v) is 7.51. The van der Waals surface area contributed by atoms with Crippen LogP contribution in [0.25, 0.3) is 0 Å². The summed E-state index contributed by atoms with van der Waals surface area (Å²) >= 11 is 1.59. The van der Waals surface area contributed by atoms with Crippen molar-refractivity contribution in [2.24, 2.45) is 0 Å². The summed E-state index contributed by atoms with van der Waals surface area (Å²) in [4.78, 5) is 30.4. The zero-order valence-corrected chi connectivity index (χ0v) is 17.0. The first-order valence-electron chi connectivity index (χ1n) is 9.42. The third kappa shape index (κ3) is 6.56. The van der Waals surface area contributed by atoms with Gasteiger partial charge in [-0.1, -0.05) is 12.1 Å². The highest BCUT2D eigenvalue weighted by atomic mass is 32.2. The molecule has 0 atom stereocenters. The van der Waals surface area contributed by atoms with E-state index in [1.165, 1.54) is 0 Å². The molecule has 1 aromatic carbocycles. The van der Waals surface area contributed by atoms with Crippen molar-refractivity contribution in [2.45, 2.75) is 19.6 Å². The molecule has 1 heterocycles. The number of nitrogens with zero attached hydrogens (tertiary/aromatic N) is 4. The minimum absolute atomic E-state index is 0.156. The molecule has 0 unspecified atom stereocenters. The molecule has 146 valence electrons. The summed E-state index contributed by atoms with van der Waals surface area (Å²) in [5.74, 6) is 1.54. The molecule has 1 fully saturated rings. The van der Waals surface area contributed by atoms with E-state index in [1.54, 1.807) is 23.9 Å². The maximum Gasteiger partial charge on any atom is 0.236 e. The molecule has 0 radical (unpaired) electrons. The van der Waals surface area contributed by atoms with Crippen LogP contribution in [0.4, 0.5) is 0 Å². The number of piperazine rings is 1. The first-order chi connectivity index (χ1) is 13.1. The zero-order valence-electron chi connectivity index (χ0n) is 16.2. The highest BCUT2D eigenvalue weighted by Gasteiger charge is 2.23. The van der Waals surface area contributed by atoms with Crippen LogP contribution in [-0.2, 0) is 15.3 Å². The van der Waals surface area contributed by atoms with Gasteiger partial charge in [0, 0.05) is 45.0 Å². The topological polar surface area (TPSA) is 67.7 Å². The van der Waals surface area contributed by atoms with Gasteiger partial charge in [-0.25, -0.2) is 0 Å². The molecular weight excluding hydrogens is 360 g/mol. The lowest BCUT2D eigenvalue weighted by Gasteiger charge is -2.35. The Kier molecular flexibility index (Phi) is 8.62. The van der Waals surface area contributed by atoms with Gasteiger partial charge in [-0.05, 0) is 31.5 Å². The Bertz CT molecular complexity index is 660. The van der Waals surface area contributed by atoms with Crippen molar-refractivity contribution in [2.75, 3.05) is 51.6 Å². The standard InChI is InChI=1S/C20H28N4O2S/c1-3-23(4-2)19(25)14-22-9-11-24(12-10-22)20(26)16-27-15-18-7-5-17(13-21)6-8-18/h5-8H,3-4,9-12,14-16H2,1-2H3. The van der Waals surface area contributed by atoms with Gasteiger partial charge in [0.15, 0.2) is 0 Å². The van der Waals surface area contributed by atoms with E-state index in [-0.39, 0.29) is 11.8 Å². The van der Waals surface area contributed by atoms with Crippen molar-refractivity contribution in [3.63, 3.8) is 0 Å². The second kappa shape index (κ2) is 11.0. The average Bonchev–Trinajstić information content (AvgIpc) is 2.70. The fraction of sp³-hybridized carbons (Fsp3) is 0.550. The van der Waals surface area contributed by atoms with Crippen LogP contribution in [0.2, 0.25) is 0 Å². The molecule has 27 heavy (non-hydrogen) atoms. The molecule has 0 aliphatic carbocycles. The summed E-state index contributed by atoms with van der Waals surface area (Å²) in [6.07, 6.45) is 0. The SMILES string of the molecule is CCN(CC)C(=O)CN1CCN(C(=O)CSCc2ccc(C#N)cc2)CC1. The lowest BCUT2D eigenvalue weighted by Crippen LogP contribution is -2.52. The van der Waals surface area contributed by atoms with Crippen molar-refractivity contribution in [3.8, 4) is 6.07 Å². The number of carbonyl (C=O) groups excluding carboxylic acids is 2. The Morgan fingerprint density at radius 1 is 1.11 bits per heavy atom. The van der Waals surface area contributed by atoms with Gasteiger partial charge in [-0.15, -0.1) is 11.8 Å². The van der Waals surface area contributed by atoms with E-state index in [0.717, 1.165) is 37.5 Å². The highest BCUT2D eigenvalue weighted by molar-refractivity contribution is 7.99. The summed E-state index contributed by atoms with van der Waals surface area (Å²) in [7, 11) is 0. The Balaban J connectivity index is 1.68. The van der Waals surface area contributed by atoms with Crippen LogP contribution in [0, 0.1) is 11.3 Å². The van der Waals surface area contributed by atoms with Gasteiger partial charge in [0.05, 0.1) is 23.9 Å². The third-order valence-corrected chi connectivity index (χ3v) is 5.77. The number of hydrogen-bond acceptors (Lipinski definition) is 5. The van der Waals surface area contributed by atoms with E-state index >= 15 is 0 Å². The van der Waals surface area contributed by atoms with E-state index in [2.05, 4.69) is 11.0 Å². The zero-order chi connectivity index (χ0) is 19.6. The van der Waals surface area contributed by atoms with Crippen LogP contribution in [0.15, 0.2) is 24.3 Å². The minimum Gasteiger partial charge on any atom is -0.342 e. The van der Waals surface area contributed by atoms with E-state index in [4.69, 9.17) is 5.26 Å². The van der Waals surface area contributed by atoms with Crippen molar-refractivity contribution in [1.29, 1.82) is 5.26 Å². The Labute approximate surface area is 166 Å². The van der Waals surface area contributed by atoms with Gasteiger partial charge in [-0.2, -0.15) is 5.26 Å². The number of amides is 2. The largest absolute Gasteiger partial charge is 0.342 e. The number of nitriles is 1. The summed E-state index contributed by atoms with van der Waals surface area (Å²) in [5, 5.41) is 8.81. The predicted octanol–water partition coefficient (Wildman–Crippen LogP) is 1.80. The molecule has 1 aliphatic heterocycles. The maximum atomic E-state index is 12.4. The van der Waals surface area contributed by atoms with Crippen LogP contribution < -0.4 is 0 Å². The Morgan fingerprint density at radius 2 is 1.74 bits per heavy atom. The average molecular weight is 389 g/mol. The highest BCUT2D eigenvalue weighted by Crippen LogP contribution is 2.14. The van der Waals surface area contributed by atoms with Gasteiger partial charge in [0.2, 0.25) is 11.8 Å². The van der Waals surface area contributed by atoms with Gasteiger partial charge < -0.3 is 9.80 Å². The molecule has 6 nitrogen and oxygen atoms in total. The molecule has 1 aromatic rings. The van der Waals surface area contributed by atoms with E-state index in [9.17, 15) is 9.59 Å². The first-order valence-corrected chi connectivity index (χ1v) is 10.6.